The van der Waals surface area contributed by atoms with Crippen LogP contribution in [0, 0.1) is 6.92 Å². The molecule has 0 aliphatic carbocycles. The lowest BCUT2D eigenvalue weighted by Gasteiger charge is -2.33. The Hall–Kier alpha value is -2.04. The highest BCUT2D eigenvalue weighted by atomic mass is 32.2. The average molecular weight is 381 g/mol. The molecule has 2 heterocycles. The van der Waals surface area contributed by atoms with Crippen LogP contribution in [0.5, 0.6) is 0 Å². The summed E-state index contributed by atoms with van der Waals surface area (Å²) >= 11 is 1.51. The monoisotopic (exact) mass is 381 g/mol. The van der Waals surface area contributed by atoms with Gasteiger partial charge in [0.15, 0.2) is 0 Å². The van der Waals surface area contributed by atoms with Crippen LogP contribution in [0.1, 0.15) is 11.9 Å². The van der Waals surface area contributed by atoms with Crippen molar-refractivity contribution in [3.8, 4) is 0 Å². The fourth-order valence-corrected chi connectivity index (χ4v) is 4.76. The van der Waals surface area contributed by atoms with E-state index in [2.05, 4.69) is 20.4 Å². The van der Waals surface area contributed by atoms with Crippen LogP contribution in [-0.2, 0) is 14.8 Å². The molecule has 0 saturated carbocycles. The maximum absolute atomic E-state index is 12.8. The van der Waals surface area contributed by atoms with E-state index >= 15 is 0 Å². The van der Waals surface area contributed by atoms with E-state index in [1.54, 1.807) is 12.1 Å². The smallest absolute Gasteiger partial charge is 0.243 e. The number of nitrogens with one attached hydrogen (secondary N) is 1. The zero-order valence-electron chi connectivity index (χ0n) is 14.0. The molecule has 1 N–H and O–H groups in total. The number of aromatic nitrogens is 2. The summed E-state index contributed by atoms with van der Waals surface area (Å²) in [5.74, 6) is -0.196. The molecule has 25 heavy (non-hydrogen) atoms. The molecule has 1 fully saturated rings. The molecule has 1 amide bonds. The van der Waals surface area contributed by atoms with Gasteiger partial charge < -0.3 is 10.2 Å². The number of anilines is 2. The standard InChI is InChI=1S/C15H19N5O3S2/c1-11(21)16-13-3-5-14(6-4-13)25(22,23)20-9-7-19(8-10-20)15-18-17-12(2)24-15/h3-6H,7-10H2,1-2H3,(H,16,21). The molecule has 1 aliphatic rings. The van der Waals surface area contributed by atoms with Crippen molar-refractivity contribution in [2.45, 2.75) is 18.7 Å². The first-order chi connectivity index (χ1) is 11.9. The predicted molar refractivity (Wildman–Crippen MR) is 96.4 cm³/mol. The van der Waals surface area contributed by atoms with Crippen LogP contribution in [-0.4, -0.2) is 55.0 Å². The maximum Gasteiger partial charge on any atom is 0.243 e. The van der Waals surface area contributed by atoms with Gasteiger partial charge in [-0.05, 0) is 31.2 Å². The Bertz CT molecular complexity index is 856. The van der Waals surface area contributed by atoms with E-state index in [-0.39, 0.29) is 10.8 Å². The Labute approximate surface area is 150 Å². The molecule has 1 aromatic carbocycles. The average Bonchev–Trinajstić information content (AvgIpc) is 3.01. The van der Waals surface area contributed by atoms with Crippen LogP contribution < -0.4 is 10.2 Å². The fraction of sp³-hybridized carbons (Fsp3) is 0.400. The van der Waals surface area contributed by atoms with Crippen LogP contribution in [0.3, 0.4) is 0 Å². The number of amides is 1. The van der Waals surface area contributed by atoms with Gasteiger partial charge in [0.25, 0.3) is 0 Å². The largest absolute Gasteiger partial charge is 0.344 e. The molecule has 8 nitrogen and oxygen atoms in total. The van der Waals surface area contributed by atoms with E-state index in [0.717, 1.165) is 10.1 Å². The first kappa shape index (κ1) is 17.8. The molecule has 0 bridgehead atoms. The van der Waals surface area contributed by atoms with Crippen molar-refractivity contribution in [2.75, 3.05) is 36.4 Å². The summed E-state index contributed by atoms with van der Waals surface area (Å²) in [5, 5.41) is 12.5. The van der Waals surface area contributed by atoms with Crippen LogP contribution in [0.25, 0.3) is 0 Å². The maximum atomic E-state index is 12.8. The molecule has 1 aromatic heterocycles. The molecule has 0 atom stereocenters. The number of nitrogens with zero attached hydrogens (tertiary/aromatic N) is 4. The summed E-state index contributed by atoms with van der Waals surface area (Å²) in [7, 11) is -3.55. The molecule has 1 saturated heterocycles. The molecule has 0 radical (unpaired) electrons. The molecule has 0 unspecified atom stereocenters. The molecule has 134 valence electrons. The van der Waals surface area contributed by atoms with Crippen LogP contribution >= 0.6 is 11.3 Å². The summed E-state index contributed by atoms with van der Waals surface area (Å²) in [5.41, 5.74) is 0.572. The van der Waals surface area contributed by atoms with Crippen LogP contribution in [0.4, 0.5) is 10.8 Å². The third kappa shape index (κ3) is 3.97. The zero-order chi connectivity index (χ0) is 18.0. The Balaban J connectivity index is 1.68. The molecular weight excluding hydrogens is 362 g/mol. The van der Waals surface area contributed by atoms with Crippen molar-refractivity contribution < 1.29 is 13.2 Å². The van der Waals surface area contributed by atoms with E-state index in [1.807, 2.05) is 6.92 Å². The lowest BCUT2D eigenvalue weighted by atomic mass is 10.3. The third-order valence-corrected chi connectivity index (χ3v) is 6.65. The highest BCUT2D eigenvalue weighted by Gasteiger charge is 2.29. The number of aryl methyl sites for hydroxylation is 1. The Morgan fingerprint density at radius 2 is 1.76 bits per heavy atom. The van der Waals surface area contributed by atoms with Gasteiger partial charge in [-0.1, -0.05) is 11.3 Å². The van der Waals surface area contributed by atoms with Gasteiger partial charge in [0.1, 0.15) is 5.01 Å². The highest BCUT2D eigenvalue weighted by molar-refractivity contribution is 7.89. The predicted octanol–water partition coefficient (Wildman–Crippen LogP) is 1.32. The summed E-state index contributed by atoms with van der Waals surface area (Å²) in [6, 6.07) is 6.21. The number of carbonyl (C=O) groups excluding carboxylic acids is 1. The third-order valence-electron chi connectivity index (χ3n) is 3.84. The second kappa shape index (κ2) is 7.06. The van der Waals surface area contributed by atoms with E-state index in [9.17, 15) is 13.2 Å². The molecule has 0 spiro atoms. The normalized spacial score (nSPS) is 16.0. The molecule has 3 rings (SSSR count). The summed E-state index contributed by atoms with van der Waals surface area (Å²) < 4.78 is 27.0. The Morgan fingerprint density at radius 1 is 1.12 bits per heavy atom. The molecule has 2 aromatic rings. The van der Waals surface area contributed by atoms with Crippen molar-refractivity contribution in [1.29, 1.82) is 0 Å². The van der Waals surface area contributed by atoms with Gasteiger partial charge in [-0.15, -0.1) is 10.2 Å². The SMILES string of the molecule is CC(=O)Nc1ccc(S(=O)(=O)N2CCN(c3nnc(C)s3)CC2)cc1. The van der Waals surface area contributed by atoms with Crippen LogP contribution in [0.15, 0.2) is 29.2 Å². The van der Waals surface area contributed by atoms with Crippen LogP contribution in [0.2, 0.25) is 0 Å². The lowest BCUT2D eigenvalue weighted by molar-refractivity contribution is -0.114. The molecule has 10 heteroatoms. The fourth-order valence-electron chi connectivity index (χ4n) is 2.60. The first-order valence-corrected chi connectivity index (χ1v) is 10.0. The zero-order valence-corrected chi connectivity index (χ0v) is 15.6. The van der Waals surface area contributed by atoms with Crippen molar-refractivity contribution >= 4 is 38.1 Å². The molecular formula is C15H19N5O3S2. The van der Waals surface area contributed by atoms with Gasteiger partial charge in [-0.3, -0.25) is 4.79 Å². The van der Waals surface area contributed by atoms with E-state index < -0.39 is 10.0 Å². The number of rotatable bonds is 4. The Morgan fingerprint density at radius 3 is 2.28 bits per heavy atom. The summed E-state index contributed by atoms with van der Waals surface area (Å²) in [4.78, 5) is 13.3. The number of benzene rings is 1. The minimum atomic E-state index is -3.55. The highest BCUT2D eigenvalue weighted by Crippen LogP contribution is 2.24. The minimum Gasteiger partial charge on any atom is -0.344 e. The number of carbonyl (C=O) groups is 1. The quantitative estimate of drug-likeness (QED) is 0.858. The first-order valence-electron chi connectivity index (χ1n) is 7.79. The minimum absolute atomic E-state index is 0.196. The van der Waals surface area contributed by atoms with Crippen molar-refractivity contribution in [3.05, 3.63) is 29.3 Å². The van der Waals surface area contributed by atoms with E-state index in [1.165, 1.54) is 34.7 Å². The van der Waals surface area contributed by atoms with Crippen molar-refractivity contribution in [1.82, 2.24) is 14.5 Å². The number of hydrogen-bond donors (Lipinski definition) is 1. The van der Waals surface area contributed by atoms with Gasteiger partial charge in [0.2, 0.25) is 21.1 Å². The second-order valence-corrected chi connectivity index (χ2v) is 8.80. The van der Waals surface area contributed by atoms with Gasteiger partial charge >= 0.3 is 0 Å². The second-order valence-electron chi connectivity index (χ2n) is 5.70. The number of sulfonamides is 1. The van der Waals surface area contributed by atoms with E-state index in [0.29, 0.717) is 31.9 Å². The van der Waals surface area contributed by atoms with Gasteiger partial charge in [0, 0.05) is 38.8 Å². The lowest BCUT2D eigenvalue weighted by Crippen LogP contribution is -2.48. The summed E-state index contributed by atoms with van der Waals surface area (Å²) in [6.07, 6.45) is 0. The van der Waals surface area contributed by atoms with Gasteiger partial charge in [-0.25, -0.2) is 8.42 Å². The molecule has 1 aliphatic heterocycles. The topological polar surface area (TPSA) is 95.5 Å². The number of piperazine rings is 1. The van der Waals surface area contributed by atoms with Crippen molar-refractivity contribution in [2.24, 2.45) is 0 Å². The Kier molecular flexibility index (Phi) is 5.02. The summed E-state index contributed by atoms with van der Waals surface area (Å²) in [6.45, 7) is 5.26. The van der Waals surface area contributed by atoms with Gasteiger partial charge in [-0.2, -0.15) is 4.31 Å². The van der Waals surface area contributed by atoms with E-state index in [4.69, 9.17) is 0 Å². The van der Waals surface area contributed by atoms with Crippen molar-refractivity contribution in [3.63, 3.8) is 0 Å². The number of hydrogen-bond acceptors (Lipinski definition) is 7. The van der Waals surface area contributed by atoms with Gasteiger partial charge in [0.05, 0.1) is 4.90 Å².